The molecule has 0 fully saturated rings. The zero-order chi connectivity index (χ0) is 17.1. The molecule has 25 heavy (non-hydrogen) atoms. The van der Waals surface area contributed by atoms with Gasteiger partial charge in [0, 0.05) is 17.4 Å². The van der Waals surface area contributed by atoms with Gasteiger partial charge in [0.25, 0.3) is 0 Å². The van der Waals surface area contributed by atoms with Gasteiger partial charge in [0.2, 0.25) is 5.95 Å². The van der Waals surface area contributed by atoms with Crippen LogP contribution in [0.4, 0.5) is 23.1 Å². The molecule has 1 aromatic heterocycles. The largest absolute Gasteiger partial charge is 0.486 e. The number of ether oxygens (including phenoxy) is 2. The summed E-state index contributed by atoms with van der Waals surface area (Å²) in [5, 5.41) is 14.3. The van der Waals surface area contributed by atoms with E-state index in [1.165, 1.54) is 5.56 Å². The third-order valence-corrected chi connectivity index (χ3v) is 3.68. The van der Waals surface area contributed by atoms with Crippen molar-refractivity contribution in [2.75, 3.05) is 23.8 Å². The van der Waals surface area contributed by atoms with E-state index in [4.69, 9.17) is 9.47 Å². The van der Waals surface area contributed by atoms with Crippen LogP contribution in [0.25, 0.3) is 0 Å². The lowest BCUT2D eigenvalue weighted by Gasteiger charge is -2.19. The molecular formula is C18H17N5O2. The fourth-order valence-electron chi connectivity index (χ4n) is 2.45. The van der Waals surface area contributed by atoms with Crippen molar-refractivity contribution in [2.24, 2.45) is 0 Å². The van der Waals surface area contributed by atoms with Crippen LogP contribution in [0.15, 0.2) is 48.7 Å². The molecule has 1 aliphatic rings. The predicted molar refractivity (Wildman–Crippen MR) is 95.0 cm³/mol. The fourth-order valence-corrected chi connectivity index (χ4v) is 2.45. The molecule has 0 spiro atoms. The van der Waals surface area contributed by atoms with Crippen LogP contribution >= 0.6 is 0 Å². The van der Waals surface area contributed by atoms with Crippen LogP contribution in [-0.2, 0) is 0 Å². The first-order chi connectivity index (χ1) is 12.3. The number of fused-ring (bicyclic) bond motifs is 1. The molecule has 0 amide bonds. The van der Waals surface area contributed by atoms with E-state index in [0.717, 1.165) is 22.9 Å². The number of hydrogen-bond donors (Lipinski definition) is 2. The van der Waals surface area contributed by atoms with E-state index in [1.807, 2.05) is 49.4 Å². The Kier molecular flexibility index (Phi) is 4.04. The summed E-state index contributed by atoms with van der Waals surface area (Å²) in [6, 6.07) is 13.6. The summed E-state index contributed by atoms with van der Waals surface area (Å²) in [5.74, 6) is 2.48. The quantitative estimate of drug-likeness (QED) is 0.756. The number of nitrogens with one attached hydrogen (secondary N) is 2. The van der Waals surface area contributed by atoms with Crippen molar-refractivity contribution in [2.45, 2.75) is 6.92 Å². The van der Waals surface area contributed by atoms with Crippen molar-refractivity contribution in [3.8, 4) is 11.5 Å². The second-order valence-electron chi connectivity index (χ2n) is 5.64. The van der Waals surface area contributed by atoms with Crippen LogP contribution in [0.5, 0.6) is 11.5 Å². The highest BCUT2D eigenvalue weighted by Gasteiger charge is 2.12. The molecule has 126 valence electrons. The first-order valence-electron chi connectivity index (χ1n) is 7.96. The zero-order valence-electron chi connectivity index (χ0n) is 13.7. The highest BCUT2D eigenvalue weighted by atomic mass is 16.6. The second kappa shape index (κ2) is 6.64. The van der Waals surface area contributed by atoms with Gasteiger partial charge in [0.15, 0.2) is 17.3 Å². The Morgan fingerprint density at radius 3 is 2.48 bits per heavy atom. The van der Waals surface area contributed by atoms with E-state index in [9.17, 15) is 0 Å². The summed E-state index contributed by atoms with van der Waals surface area (Å²) in [6.45, 7) is 3.17. The molecule has 2 aromatic carbocycles. The van der Waals surface area contributed by atoms with Crippen molar-refractivity contribution in [1.82, 2.24) is 15.2 Å². The summed E-state index contributed by atoms with van der Waals surface area (Å²) < 4.78 is 11.1. The number of benzene rings is 2. The summed E-state index contributed by atoms with van der Waals surface area (Å²) in [4.78, 5) is 4.43. The molecule has 0 saturated carbocycles. The van der Waals surface area contributed by atoms with E-state index in [1.54, 1.807) is 6.20 Å². The predicted octanol–water partition coefficient (Wildman–Crippen LogP) is 3.44. The van der Waals surface area contributed by atoms with Gasteiger partial charge in [-0.1, -0.05) is 17.7 Å². The Morgan fingerprint density at radius 2 is 1.64 bits per heavy atom. The Morgan fingerprint density at radius 1 is 0.880 bits per heavy atom. The van der Waals surface area contributed by atoms with Gasteiger partial charge in [-0.25, -0.2) is 0 Å². The molecule has 7 heteroatoms. The van der Waals surface area contributed by atoms with Gasteiger partial charge >= 0.3 is 0 Å². The van der Waals surface area contributed by atoms with Gasteiger partial charge in [-0.05, 0) is 31.2 Å². The van der Waals surface area contributed by atoms with Crippen molar-refractivity contribution in [1.29, 1.82) is 0 Å². The molecule has 0 unspecified atom stereocenters. The molecular weight excluding hydrogens is 318 g/mol. The minimum absolute atomic E-state index is 0.423. The summed E-state index contributed by atoms with van der Waals surface area (Å²) in [7, 11) is 0. The van der Waals surface area contributed by atoms with Crippen LogP contribution in [0, 0.1) is 6.92 Å². The third-order valence-electron chi connectivity index (χ3n) is 3.68. The lowest BCUT2D eigenvalue weighted by molar-refractivity contribution is 0.171. The van der Waals surface area contributed by atoms with Gasteiger partial charge in [-0.3, -0.25) is 0 Å². The highest BCUT2D eigenvalue weighted by molar-refractivity contribution is 5.62. The van der Waals surface area contributed by atoms with E-state index < -0.39 is 0 Å². The first-order valence-corrected chi connectivity index (χ1v) is 7.96. The molecule has 3 aromatic rings. The van der Waals surface area contributed by atoms with Crippen molar-refractivity contribution in [3.63, 3.8) is 0 Å². The van der Waals surface area contributed by atoms with Gasteiger partial charge in [-0.2, -0.15) is 10.1 Å². The molecule has 2 N–H and O–H groups in total. The molecule has 7 nitrogen and oxygen atoms in total. The van der Waals surface area contributed by atoms with Crippen molar-refractivity contribution < 1.29 is 9.47 Å². The van der Waals surface area contributed by atoms with Gasteiger partial charge in [0.05, 0.1) is 6.20 Å². The second-order valence-corrected chi connectivity index (χ2v) is 5.64. The van der Waals surface area contributed by atoms with E-state index >= 15 is 0 Å². The molecule has 1 aliphatic heterocycles. The lowest BCUT2D eigenvalue weighted by Crippen LogP contribution is -2.15. The molecule has 2 heterocycles. The lowest BCUT2D eigenvalue weighted by atomic mass is 10.2. The van der Waals surface area contributed by atoms with Crippen LogP contribution < -0.4 is 20.1 Å². The number of nitrogens with zero attached hydrogens (tertiary/aromatic N) is 3. The third kappa shape index (κ3) is 3.60. The topological polar surface area (TPSA) is 81.2 Å². The molecule has 0 atom stereocenters. The van der Waals surface area contributed by atoms with Gasteiger partial charge < -0.3 is 20.1 Å². The Bertz CT molecular complexity index is 883. The van der Waals surface area contributed by atoms with Crippen LogP contribution in [0.3, 0.4) is 0 Å². The molecule has 0 saturated heterocycles. The maximum absolute atomic E-state index is 5.59. The Balaban J connectivity index is 1.50. The SMILES string of the molecule is Cc1ccc(Nc2nncc(Nc3ccc4c(c3)OCCO4)n2)cc1. The maximum Gasteiger partial charge on any atom is 0.249 e. The minimum atomic E-state index is 0.423. The average Bonchev–Trinajstić information content (AvgIpc) is 2.64. The molecule has 0 aliphatic carbocycles. The average molecular weight is 335 g/mol. The Hall–Kier alpha value is -3.35. The number of aryl methyl sites for hydroxylation is 1. The Labute approximate surface area is 145 Å². The van der Waals surface area contributed by atoms with E-state index in [2.05, 4.69) is 25.8 Å². The number of rotatable bonds is 4. The summed E-state index contributed by atoms with van der Waals surface area (Å²) >= 11 is 0. The van der Waals surface area contributed by atoms with Crippen molar-refractivity contribution >= 4 is 23.1 Å². The monoisotopic (exact) mass is 335 g/mol. The first kappa shape index (κ1) is 15.2. The zero-order valence-corrected chi connectivity index (χ0v) is 13.7. The number of aromatic nitrogens is 3. The molecule has 4 rings (SSSR count). The van der Waals surface area contributed by atoms with Crippen molar-refractivity contribution in [3.05, 3.63) is 54.2 Å². The van der Waals surface area contributed by atoms with Crippen LogP contribution in [-0.4, -0.2) is 28.4 Å². The number of hydrogen-bond acceptors (Lipinski definition) is 7. The van der Waals surface area contributed by atoms with E-state index in [-0.39, 0.29) is 0 Å². The minimum Gasteiger partial charge on any atom is -0.486 e. The standard InChI is InChI=1S/C18H17N5O2/c1-12-2-4-13(5-3-12)21-18-22-17(11-19-23-18)20-14-6-7-15-16(10-14)25-9-8-24-15/h2-7,10-11H,8-9H2,1H3,(H2,20,21,22,23). The molecule has 0 bridgehead atoms. The fraction of sp³-hybridized carbons (Fsp3) is 0.167. The number of anilines is 4. The van der Waals surface area contributed by atoms with E-state index in [0.29, 0.717) is 25.0 Å². The van der Waals surface area contributed by atoms with Gasteiger partial charge in [0.1, 0.15) is 13.2 Å². The molecule has 0 radical (unpaired) electrons. The van der Waals surface area contributed by atoms with Crippen LogP contribution in [0.2, 0.25) is 0 Å². The smallest absolute Gasteiger partial charge is 0.249 e. The van der Waals surface area contributed by atoms with Gasteiger partial charge in [-0.15, -0.1) is 5.10 Å². The van der Waals surface area contributed by atoms with Crippen LogP contribution in [0.1, 0.15) is 5.56 Å². The summed E-state index contributed by atoms with van der Waals surface area (Å²) in [5.41, 5.74) is 2.94. The summed E-state index contributed by atoms with van der Waals surface area (Å²) in [6.07, 6.45) is 1.57. The maximum atomic E-state index is 5.59. The normalized spacial score (nSPS) is 12.5. The highest BCUT2D eigenvalue weighted by Crippen LogP contribution is 2.33.